The zero-order chi connectivity index (χ0) is 13.7. The average Bonchev–Trinajstić information content (AvgIpc) is 2.45. The largest absolute Gasteiger partial charge is 0.357 e. The van der Waals surface area contributed by atoms with Crippen molar-refractivity contribution < 1.29 is 4.39 Å². The first kappa shape index (κ1) is 13.4. The third-order valence-electron chi connectivity index (χ3n) is 2.86. The zero-order valence-corrected chi connectivity index (χ0v) is 11.1. The fourth-order valence-electron chi connectivity index (χ4n) is 1.72. The van der Waals surface area contributed by atoms with Crippen molar-refractivity contribution >= 4 is 5.82 Å². The van der Waals surface area contributed by atoms with Crippen molar-refractivity contribution in [2.75, 3.05) is 32.1 Å². The minimum absolute atomic E-state index is 0.269. The first-order chi connectivity index (χ1) is 9.20. The van der Waals surface area contributed by atoms with E-state index in [1.165, 1.54) is 12.1 Å². The van der Waals surface area contributed by atoms with Crippen LogP contribution in [0.15, 0.2) is 36.4 Å². The van der Waals surface area contributed by atoms with E-state index in [1.54, 1.807) is 6.07 Å². The number of nitrogens with one attached hydrogen (secondary N) is 1. The minimum atomic E-state index is -0.269. The number of aromatic nitrogens is 2. The molecule has 0 radical (unpaired) electrons. The third-order valence-corrected chi connectivity index (χ3v) is 2.86. The molecule has 0 aliphatic carbocycles. The molecule has 1 aromatic carbocycles. The van der Waals surface area contributed by atoms with E-state index < -0.39 is 0 Å². The lowest BCUT2D eigenvalue weighted by Crippen LogP contribution is -2.27. The maximum Gasteiger partial charge on any atom is 0.151 e. The van der Waals surface area contributed by atoms with E-state index >= 15 is 0 Å². The lowest BCUT2D eigenvalue weighted by atomic mass is 10.1. The lowest BCUT2D eigenvalue weighted by molar-refractivity contribution is 0.628. The van der Waals surface area contributed by atoms with Gasteiger partial charge in [-0.05, 0) is 31.3 Å². The summed E-state index contributed by atoms with van der Waals surface area (Å²) in [5.41, 5.74) is 1.40. The summed E-state index contributed by atoms with van der Waals surface area (Å²) in [6.07, 6.45) is 0. The van der Waals surface area contributed by atoms with Crippen LogP contribution in [0.4, 0.5) is 10.2 Å². The number of nitrogens with zero attached hydrogens (tertiary/aromatic N) is 3. The van der Waals surface area contributed by atoms with Gasteiger partial charge in [0.05, 0.1) is 5.69 Å². The lowest BCUT2D eigenvalue weighted by Gasteiger charge is -2.17. The predicted octanol–water partition coefficient (Wildman–Crippen LogP) is 1.94. The molecule has 1 N–H and O–H groups in total. The van der Waals surface area contributed by atoms with Crippen LogP contribution in [-0.2, 0) is 0 Å². The second kappa shape index (κ2) is 6.24. The summed E-state index contributed by atoms with van der Waals surface area (Å²) in [5.74, 6) is 0.532. The highest BCUT2D eigenvalue weighted by molar-refractivity contribution is 5.59. The van der Waals surface area contributed by atoms with E-state index in [0.717, 1.165) is 24.5 Å². The second-order valence-electron chi connectivity index (χ2n) is 4.31. The highest BCUT2D eigenvalue weighted by atomic mass is 19.1. The van der Waals surface area contributed by atoms with Crippen LogP contribution in [0.2, 0.25) is 0 Å². The Balaban J connectivity index is 2.14. The van der Waals surface area contributed by atoms with Gasteiger partial charge in [0.1, 0.15) is 5.82 Å². The van der Waals surface area contributed by atoms with Crippen molar-refractivity contribution in [3.05, 3.63) is 42.2 Å². The number of anilines is 1. The van der Waals surface area contributed by atoms with Gasteiger partial charge in [-0.2, -0.15) is 0 Å². The number of hydrogen-bond acceptors (Lipinski definition) is 4. The summed E-state index contributed by atoms with van der Waals surface area (Å²) >= 11 is 0. The third kappa shape index (κ3) is 3.48. The van der Waals surface area contributed by atoms with Crippen molar-refractivity contribution in [1.29, 1.82) is 0 Å². The molecule has 1 aromatic heterocycles. The molecule has 0 saturated carbocycles. The van der Waals surface area contributed by atoms with Gasteiger partial charge < -0.3 is 10.2 Å². The zero-order valence-electron chi connectivity index (χ0n) is 11.1. The molecular weight excluding hydrogens is 243 g/mol. The normalized spacial score (nSPS) is 10.5. The van der Waals surface area contributed by atoms with Gasteiger partial charge in [0, 0.05) is 25.7 Å². The highest BCUT2D eigenvalue weighted by Gasteiger charge is 2.05. The summed E-state index contributed by atoms with van der Waals surface area (Å²) in [7, 11) is 3.87. The van der Waals surface area contributed by atoms with Crippen molar-refractivity contribution in [2.24, 2.45) is 0 Å². The summed E-state index contributed by atoms with van der Waals surface area (Å²) < 4.78 is 13.1. The molecule has 2 rings (SSSR count). The standard InChI is InChI=1S/C14H17FN4/c1-16-8-9-19(2)14-7-6-13(17-18-14)11-4-3-5-12(15)10-11/h3-7,10,16H,8-9H2,1-2H3. The molecule has 0 saturated heterocycles. The Hall–Kier alpha value is -2.01. The van der Waals surface area contributed by atoms with Gasteiger partial charge in [-0.3, -0.25) is 0 Å². The molecule has 0 atom stereocenters. The topological polar surface area (TPSA) is 41.0 Å². The minimum Gasteiger partial charge on any atom is -0.357 e. The molecular formula is C14H17FN4. The van der Waals surface area contributed by atoms with Gasteiger partial charge >= 0.3 is 0 Å². The number of likely N-dealkylation sites (N-methyl/N-ethyl adjacent to an activating group) is 2. The fourth-order valence-corrected chi connectivity index (χ4v) is 1.72. The Labute approximate surface area is 112 Å². The molecule has 0 aliphatic heterocycles. The van der Waals surface area contributed by atoms with Gasteiger partial charge in [0.25, 0.3) is 0 Å². The van der Waals surface area contributed by atoms with Crippen LogP contribution in [0.3, 0.4) is 0 Å². The molecule has 100 valence electrons. The molecule has 19 heavy (non-hydrogen) atoms. The molecule has 0 unspecified atom stereocenters. The molecule has 0 bridgehead atoms. The number of rotatable bonds is 5. The predicted molar refractivity (Wildman–Crippen MR) is 74.6 cm³/mol. The Morgan fingerprint density at radius 2 is 2.05 bits per heavy atom. The van der Waals surface area contributed by atoms with Crippen LogP contribution >= 0.6 is 0 Å². The van der Waals surface area contributed by atoms with Crippen molar-refractivity contribution in [3.8, 4) is 11.3 Å². The van der Waals surface area contributed by atoms with E-state index in [-0.39, 0.29) is 5.82 Å². The van der Waals surface area contributed by atoms with Crippen molar-refractivity contribution in [3.63, 3.8) is 0 Å². The quantitative estimate of drug-likeness (QED) is 0.892. The van der Waals surface area contributed by atoms with Crippen molar-refractivity contribution in [1.82, 2.24) is 15.5 Å². The van der Waals surface area contributed by atoms with Crippen LogP contribution in [0.5, 0.6) is 0 Å². The Kier molecular flexibility index (Phi) is 4.41. The fraction of sp³-hybridized carbons (Fsp3) is 0.286. The van der Waals surface area contributed by atoms with Gasteiger partial charge in [-0.15, -0.1) is 10.2 Å². The van der Waals surface area contributed by atoms with E-state index in [4.69, 9.17) is 0 Å². The molecule has 1 heterocycles. The molecule has 5 heteroatoms. The van der Waals surface area contributed by atoms with Crippen LogP contribution in [0, 0.1) is 5.82 Å². The van der Waals surface area contributed by atoms with Crippen LogP contribution < -0.4 is 10.2 Å². The number of halogens is 1. The summed E-state index contributed by atoms with van der Waals surface area (Å²) in [6.45, 7) is 1.73. The second-order valence-corrected chi connectivity index (χ2v) is 4.31. The summed E-state index contributed by atoms with van der Waals surface area (Å²) in [6, 6.07) is 10.1. The van der Waals surface area contributed by atoms with Gasteiger partial charge in [0.2, 0.25) is 0 Å². The van der Waals surface area contributed by atoms with Crippen molar-refractivity contribution in [2.45, 2.75) is 0 Å². The number of benzene rings is 1. The monoisotopic (exact) mass is 260 g/mol. The Morgan fingerprint density at radius 3 is 2.68 bits per heavy atom. The summed E-state index contributed by atoms with van der Waals surface area (Å²) in [5, 5.41) is 11.4. The molecule has 0 spiro atoms. The first-order valence-electron chi connectivity index (χ1n) is 6.16. The van der Waals surface area contributed by atoms with Gasteiger partial charge in [0.15, 0.2) is 5.82 Å². The average molecular weight is 260 g/mol. The summed E-state index contributed by atoms with van der Waals surface area (Å²) in [4.78, 5) is 2.01. The number of hydrogen-bond donors (Lipinski definition) is 1. The Bertz CT molecular complexity index is 527. The first-order valence-corrected chi connectivity index (χ1v) is 6.16. The van der Waals surface area contributed by atoms with Crippen LogP contribution in [-0.4, -0.2) is 37.4 Å². The van der Waals surface area contributed by atoms with E-state index in [2.05, 4.69) is 15.5 Å². The van der Waals surface area contributed by atoms with E-state index in [9.17, 15) is 4.39 Å². The van der Waals surface area contributed by atoms with Crippen LogP contribution in [0.25, 0.3) is 11.3 Å². The molecule has 0 aliphatic rings. The Morgan fingerprint density at radius 1 is 1.21 bits per heavy atom. The van der Waals surface area contributed by atoms with E-state index in [0.29, 0.717) is 5.69 Å². The molecule has 4 nitrogen and oxygen atoms in total. The molecule has 0 amide bonds. The van der Waals surface area contributed by atoms with Gasteiger partial charge in [-0.1, -0.05) is 12.1 Å². The smallest absolute Gasteiger partial charge is 0.151 e. The maximum absolute atomic E-state index is 13.1. The maximum atomic E-state index is 13.1. The molecule has 0 fully saturated rings. The molecule has 2 aromatic rings. The van der Waals surface area contributed by atoms with E-state index in [1.807, 2.05) is 37.2 Å². The van der Waals surface area contributed by atoms with Gasteiger partial charge in [-0.25, -0.2) is 4.39 Å². The SMILES string of the molecule is CNCCN(C)c1ccc(-c2cccc(F)c2)nn1. The van der Waals surface area contributed by atoms with Crippen LogP contribution in [0.1, 0.15) is 0 Å². The highest BCUT2D eigenvalue weighted by Crippen LogP contribution is 2.18.